The third-order valence-corrected chi connectivity index (χ3v) is 4.25. The van der Waals surface area contributed by atoms with E-state index >= 15 is 0 Å². The molecule has 1 aliphatic rings. The maximum absolute atomic E-state index is 8.99. The molecule has 1 unspecified atom stereocenters. The number of benzene rings is 1. The molecular weight excluding hydrogens is 278 g/mol. The predicted molar refractivity (Wildman–Crippen MR) is 83.3 cm³/mol. The average molecular weight is 301 g/mol. The van der Waals surface area contributed by atoms with Gasteiger partial charge in [-0.15, -0.1) is 0 Å². The average Bonchev–Trinajstić information content (AvgIpc) is 3.16. The van der Waals surface area contributed by atoms with Crippen molar-refractivity contribution in [1.82, 2.24) is 15.0 Å². The molecule has 0 bridgehead atoms. The molecule has 22 heavy (non-hydrogen) atoms. The van der Waals surface area contributed by atoms with Crippen molar-refractivity contribution in [2.24, 2.45) is 0 Å². The fraction of sp³-hybridized carbons (Fsp3) is 0.529. The highest BCUT2D eigenvalue weighted by Gasteiger charge is 2.25. The number of aromatic nitrogens is 2. The summed E-state index contributed by atoms with van der Waals surface area (Å²) in [6, 6.07) is 10.7. The maximum Gasteiger partial charge on any atom is 0.240 e. The Kier molecular flexibility index (Phi) is 5.19. The molecule has 1 atom stereocenters. The van der Waals surface area contributed by atoms with Crippen molar-refractivity contribution < 1.29 is 9.63 Å². The van der Waals surface area contributed by atoms with Crippen LogP contribution in [0.4, 0.5) is 0 Å². The van der Waals surface area contributed by atoms with Crippen LogP contribution in [0.1, 0.15) is 43.0 Å². The van der Waals surface area contributed by atoms with Gasteiger partial charge in [-0.05, 0) is 37.8 Å². The van der Waals surface area contributed by atoms with Crippen molar-refractivity contribution in [2.45, 2.75) is 44.7 Å². The monoisotopic (exact) mass is 301 g/mol. The Bertz CT molecular complexity index is 570. The zero-order valence-corrected chi connectivity index (χ0v) is 12.8. The van der Waals surface area contributed by atoms with E-state index in [0.717, 1.165) is 31.8 Å². The van der Waals surface area contributed by atoms with E-state index in [4.69, 9.17) is 9.63 Å². The first-order valence-corrected chi connectivity index (χ1v) is 8.05. The largest absolute Gasteiger partial charge is 0.396 e. The molecular formula is C17H23N3O2. The zero-order valence-electron chi connectivity index (χ0n) is 12.8. The van der Waals surface area contributed by atoms with E-state index in [-0.39, 0.29) is 6.61 Å². The summed E-state index contributed by atoms with van der Waals surface area (Å²) < 4.78 is 5.40. The summed E-state index contributed by atoms with van der Waals surface area (Å²) in [6.07, 6.45) is 5.02. The minimum Gasteiger partial charge on any atom is -0.396 e. The molecule has 1 aliphatic heterocycles. The van der Waals surface area contributed by atoms with Gasteiger partial charge in [0.25, 0.3) is 0 Å². The second kappa shape index (κ2) is 7.51. The number of nitrogens with zero attached hydrogens (tertiary/aromatic N) is 3. The SMILES string of the molecule is OCCCC1CCCN1Cc1nc(Cc2ccccc2)no1. The van der Waals surface area contributed by atoms with E-state index in [1.165, 1.54) is 18.4 Å². The van der Waals surface area contributed by atoms with Gasteiger partial charge in [0.05, 0.1) is 6.54 Å². The molecule has 118 valence electrons. The Labute approximate surface area is 131 Å². The van der Waals surface area contributed by atoms with Crippen LogP contribution in [-0.2, 0) is 13.0 Å². The Morgan fingerprint density at radius 1 is 1.27 bits per heavy atom. The molecule has 2 aromatic rings. The molecule has 2 heterocycles. The first kappa shape index (κ1) is 15.2. The van der Waals surface area contributed by atoms with Crippen molar-refractivity contribution in [2.75, 3.05) is 13.2 Å². The Morgan fingerprint density at radius 3 is 2.95 bits per heavy atom. The van der Waals surface area contributed by atoms with Gasteiger partial charge in [-0.2, -0.15) is 4.98 Å². The van der Waals surface area contributed by atoms with E-state index in [2.05, 4.69) is 27.2 Å². The molecule has 0 aliphatic carbocycles. The number of aliphatic hydroxyl groups excluding tert-OH is 1. The van der Waals surface area contributed by atoms with Gasteiger partial charge in [0.15, 0.2) is 5.82 Å². The van der Waals surface area contributed by atoms with Crippen LogP contribution in [0.25, 0.3) is 0 Å². The molecule has 3 rings (SSSR count). The highest BCUT2D eigenvalue weighted by Crippen LogP contribution is 2.23. The molecule has 1 N–H and O–H groups in total. The second-order valence-electron chi connectivity index (χ2n) is 5.90. The summed E-state index contributed by atoms with van der Waals surface area (Å²) in [5.74, 6) is 1.44. The molecule has 1 aromatic heterocycles. The van der Waals surface area contributed by atoms with E-state index in [9.17, 15) is 0 Å². The van der Waals surface area contributed by atoms with Crippen LogP contribution in [0.3, 0.4) is 0 Å². The Morgan fingerprint density at radius 2 is 2.14 bits per heavy atom. The van der Waals surface area contributed by atoms with Crippen molar-refractivity contribution in [1.29, 1.82) is 0 Å². The highest BCUT2D eigenvalue weighted by atomic mass is 16.5. The summed E-state index contributed by atoms with van der Waals surface area (Å²) in [5, 5.41) is 13.1. The van der Waals surface area contributed by atoms with Gasteiger partial charge in [-0.25, -0.2) is 0 Å². The van der Waals surface area contributed by atoms with Crippen molar-refractivity contribution in [3.63, 3.8) is 0 Å². The van der Waals surface area contributed by atoms with Crippen molar-refractivity contribution in [3.05, 3.63) is 47.6 Å². The summed E-state index contributed by atoms with van der Waals surface area (Å²) in [6.45, 7) is 2.07. The van der Waals surface area contributed by atoms with Crippen LogP contribution < -0.4 is 0 Å². The number of rotatable bonds is 7. The second-order valence-corrected chi connectivity index (χ2v) is 5.90. The number of hydrogen-bond acceptors (Lipinski definition) is 5. The van der Waals surface area contributed by atoms with Crippen LogP contribution >= 0.6 is 0 Å². The fourth-order valence-electron chi connectivity index (χ4n) is 3.14. The quantitative estimate of drug-likeness (QED) is 0.851. The molecule has 5 nitrogen and oxygen atoms in total. The fourth-order valence-corrected chi connectivity index (χ4v) is 3.14. The molecule has 0 amide bonds. The van der Waals surface area contributed by atoms with Crippen LogP contribution in [0, 0.1) is 0 Å². The third-order valence-electron chi connectivity index (χ3n) is 4.25. The topological polar surface area (TPSA) is 62.4 Å². The van der Waals surface area contributed by atoms with Gasteiger partial charge in [0, 0.05) is 19.1 Å². The van der Waals surface area contributed by atoms with Crippen LogP contribution in [-0.4, -0.2) is 39.3 Å². The molecule has 0 radical (unpaired) electrons. The standard InChI is InChI=1S/C17H23N3O2/c21-11-5-9-15-8-4-10-20(15)13-17-18-16(19-22-17)12-14-6-2-1-3-7-14/h1-3,6-7,15,21H,4-5,8-13H2. The molecule has 1 fully saturated rings. The first-order valence-electron chi connectivity index (χ1n) is 8.05. The third kappa shape index (κ3) is 3.93. The van der Waals surface area contributed by atoms with Crippen LogP contribution in [0.5, 0.6) is 0 Å². The highest BCUT2D eigenvalue weighted by molar-refractivity contribution is 5.18. The number of aliphatic hydroxyl groups is 1. The van der Waals surface area contributed by atoms with Gasteiger partial charge in [0.1, 0.15) is 0 Å². The summed E-state index contributed by atoms with van der Waals surface area (Å²) in [7, 11) is 0. The van der Waals surface area contributed by atoms with Gasteiger partial charge >= 0.3 is 0 Å². The Balaban J connectivity index is 1.57. The molecule has 0 saturated carbocycles. The molecule has 1 saturated heterocycles. The van der Waals surface area contributed by atoms with Crippen LogP contribution in [0.15, 0.2) is 34.9 Å². The van der Waals surface area contributed by atoms with Crippen molar-refractivity contribution >= 4 is 0 Å². The summed E-state index contributed by atoms with van der Waals surface area (Å²) in [5.41, 5.74) is 1.19. The van der Waals surface area contributed by atoms with Gasteiger partial charge in [0.2, 0.25) is 5.89 Å². The maximum atomic E-state index is 8.99. The predicted octanol–water partition coefficient (Wildman–Crippen LogP) is 2.40. The van der Waals surface area contributed by atoms with Gasteiger partial charge < -0.3 is 9.63 Å². The van der Waals surface area contributed by atoms with Crippen molar-refractivity contribution in [3.8, 4) is 0 Å². The van der Waals surface area contributed by atoms with Gasteiger partial charge in [-0.3, -0.25) is 4.90 Å². The van der Waals surface area contributed by atoms with E-state index in [0.29, 0.717) is 18.4 Å². The number of likely N-dealkylation sites (tertiary alicyclic amines) is 1. The minimum absolute atomic E-state index is 0.270. The van der Waals surface area contributed by atoms with E-state index < -0.39 is 0 Å². The zero-order chi connectivity index (χ0) is 15.2. The van der Waals surface area contributed by atoms with E-state index in [1.54, 1.807) is 0 Å². The Hall–Kier alpha value is -1.72. The summed E-state index contributed by atoms with van der Waals surface area (Å²) in [4.78, 5) is 6.91. The number of hydrogen-bond donors (Lipinski definition) is 1. The lowest BCUT2D eigenvalue weighted by Gasteiger charge is -2.22. The van der Waals surface area contributed by atoms with E-state index in [1.807, 2.05) is 18.2 Å². The normalized spacial score (nSPS) is 18.9. The lowest BCUT2D eigenvalue weighted by molar-refractivity contribution is 0.188. The smallest absolute Gasteiger partial charge is 0.240 e. The molecule has 1 aromatic carbocycles. The molecule has 5 heteroatoms. The van der Waals surface area contributed by atoms with Crippen LogP contribution in [0.2, 0.25) is 0 Å². The first-order chi connectivity index (χ1) is 10.8. The lowest BCUT2D eigenvalue weighted by Crippen LogP contribution is -2.29. The molecule has 0 spiro atoms. The summed E-state index contributed by atoms with van der Waals surface area (Å²) >= 11 is 0. The minimum atomic E-state index is 0.270. The van der Waals surface area contributed by atoms with Gasteiger partial charge in [-0.1, -0.05) is 35.5 Å². The lowest BCUT2D eigenvalue weighted by atomic mass is 10.1.